The number of carbonyl (C=O) groups excluding carboxylic acids is 2. The van der Waals surface area contributed by atoms with Gasteiger partial charge < -0.3 is 20.1 Å². The fraction of sp³-hybridized carbons (Fsp3) is 0.630. The summed E-state index contributed by atoms with van der Waals surface area (Å²) in [7, 11) is 0. The van der Waals surface area contributed by atoms with Crippen LogP contribution in [0.5, 0.6) is 5.75 Å². The molecule has 9 nitrogen and oxygen atoms in total. The number of aliphatic hydroxyl groups excluding tert-OH is 1. The van der Waals surface area contributed by atoms with Gasteiger partial charge in [-0.15, -0.1) is 5.10 Å². The van der Waals surface area contributed by atoms with E-state index >= 15 is 0 Å². The Morgan fingerprint density at radius 3 is 2.64 bits per heavy atom. The lowest BCUT2D eigenvalue weighted by atomic mass is 9.85. The number of rotatable bonds is 5. The average molecular weight is 496 g/mol. The van der Waals surface area contributed by atoms with Crippen molar-refractivity contribution < 1.29 is 19.4 Å². The van der Waals surface area contributed by atoms with Gasteiger partial charge in [0.05, 0.1) is 24.4 Å². The predicted octanol–water partition coefficient (Wildman–Crippen LogP) is 2.96. The summed E-state index contributed by atoms with van der Waals surface area (Å²) in [6.45, 7) is 10.6. The zero-order valence-electron chi connectivity index (χ0n) is 21.8. The number of aromatic nitrogens is 3. The topological polar surface area (TPSA) is 110 Å². The molecule has 3 aliphatic rings. The van der Waals surface area contributed by atoms with Crippen LogP contribution in [0.3, 0.4) is 0 Å². The van der Waals surface area contributed by atoms with E-state index in [2.05, 4.69) is 27.8 Å². The molecule has 2 aromatic rings. The molecule has 4 atom stereocenters. The molecule has 1 aliphatic carbocycles. The van der Waals surface area contributed by atoms with Crippen LogP contribution in [0.4, 0.5) is 0 Å². The van der Waals surface area contributed by atoms with Gasteiger partial charge in [-0.1, -0.05) is 43.7 Å². The molecule has 5 rings (SSSR count). The number of fused-ring (bicyclic) bond motifs is 1. The second kappa shape index (κ2) is 9.18. The van der Waals surface area contributed by atoms with E-state index in [9.17, 15) is 14.7 Å². The summed E-state index contributed by atoms with van der Waals surface area (Å²) in [6.07, 6.45) is 4.18. The molecule has 2 fully saturated rings. The number of nitrogens with zero attached hydrogens (tertiary/aromatic N) is 4. The highest BCUT2D eigenvalue weighted by Gasteiger charge is 2.46. The number of aliphatic hydroxyl groups is 1. The van der Waals surface area contributed by atoms with Crippen LogP contribution in [0, 0.1) is 19.3 Å². The Hall–Kier alpha value is -2.94. The lowest BCUT2D eigenvalue weighted by Gasteiger charge is -2.35. The molecule has 2 unspecified atom stereocenters. The standard InChI is InChI=1S/C27H37N5O4/c1-15-10-16(2)23-19(11-15)20(8-9-36-23)28-25(34)22-12-18(33)13-31(22)26(35)24(27(3,4)5)32-14-21(29-30-32)17-6-7-17/h10-11,14,17-18,20,22,24,33H,6-9,12-13H2,1-5H3,(H,28,34)/t18?,20-,22?,24+/m0/s1. The summed E-state index contributed by atoms with van der Waals surface area (Å²) in [5, 5.41) is 22.3. The maximum atomic E-state index is 14.0. The number of nitrogens with one attached hydrogen (secondary N) is 1. The maximum Gasteiger partial charge on any atom is 0.248 e. The van der Waals surface area contributed by atoms with Crippen LogP contribution in [0.1, 0.15) is 86.8 Å². The predicted molar refractivity (Wildman–Crippen MR) is 134 cm³/mol. The van der Waals surface area contributed by atoms with Gasteiger partial charge in [-0.2, -0.15) is 0 Å². The largest absolute Gasteiger partial charge is 0.493 e. The monoisotopic (exact) mass is 495 g/mol. The Morgan fingerprint density at radius 2 is 1.94 bits per heavy atom. The minimum Gasteiger partial charge on any atom is -0.493 e. The minimum atomic E-state index is -0.755. The molecule has 0 bridgehead atoms. The SMILES string of the molecule is Cc1cc(C)c2c(c1)[C@@H](NC(=O)C1CC(O)CN1C(=O)[C@@H](n1cc(C3CC3)nn1)C(C)(C)C)CCO2. The van der Waals surface area contributed by atoms with Crippen molar-refractivity contribution in [2.45, 2.75) is 90.4 Å². The van der Waals surface area contributed by atoms with Crippen LogP contribution < -0.4 is 10.1 Å². The molecule has 194 valence electrons. The van der Waals surface area contributed by atoms with Crippen molar-refractivity contribution in [3.63, 3.8) is 0 Å². The van der Waals surface area contributed by atoms with Gasteiger partial charge in [0, 0.05) is 37.1 Å². The number of likely N-dealkylation sites (tertiary alicyclic amines) is 1. The molecule has 1 aromatic heterocycles. The smallest absolute Gasteiger partial charge is 0.248 e. The molecule has 1 aromatic carbocycles. The van der Waals surface area contributed by atoms with Gasteiger partial charge in [-0.25, -0.2) is 4.68 Å². The first-order valence-corrected chi connectivity index (χ1v) is 13.0. The third-order valence-corrected chi connectivity index (χ3v) is 7.50. The Bertz CT molecular complexity index is 1170. The zero-order valence-corrected chi connectivity index (χ0v) is 21.8. The van der Waals surface area contributed by atoms with E-state index in [0.717, 1.165) is 41.0 Å². The summed E-state index contributed by atoms with van der Waals surface area (Å²) in [4.78, 5) is 29.1. The highest BCUT2D eigenvalue weighted by molar-refractivity contribution is 5.90. The fourth-order valence-corrected chi connectivity index (χ4v) is 5.62. The van der Waals surface area contributed by atoms with Crippen LogP contribution in [0.15, 0.2) is 18.3 Å². The molecular formula is C27H37N5O4. The van der Waals surface area contributed by atoms with Gasteiger partial charge in [-0.3, -0.25) is 9.59 Å². The number of benzene rings is 1. The third kappa shape index (κ3) is 4.73. The molecule has 2 aliphatic heterocycles. The van der Waals surface area contributed by atoms with E-state index in [-0.39, 0.29) is 30.8 Å². The highest BCUT2D eigenvalue weighted by Crippen LogP contribution is 2.41. The Morgan fingerprint density at radius 1 is 1.19 bits per heavy atom. The Balaban J connectivity index is 1.38. The average Bonchev–Trinajstić information content (AvgIpc) is 3.40. The van der Waals surface area contributed by atoms with Crippen LogP contribution in [0.25, 0.3) is 0 Å². The first-order chi connectivity index (χ1) is 17.0. The van der Waals surface area contributed by atoms with Crippen LogP contribution in [0.2, 0.25) is 0 Å². The van der Waals surface area contributed by atoms with Gasteiger partial charge in [0.2, 0.25) is 11.8 Å². The van der Waals surface area contributed by atoms with Crippen molar-refractivity contribution in [2.75, 3.05) is 13.2 Å². The summed E-state index contributed by atoms with van der Waals surface area (Å²) in [5.74, 6) is 0.783. The van der Waals surface area contributed by atoms with E-state index < -0.39 is 23.6 Å². The molecule has 0 radical (unpaired) electrons. The maximum absolute atomic E-state index is 14.0. The minimum absolute atomic E-state index is 0.121. The third-order valence-electron chi connectivity index (χ3n) is 7.50. The molecule has 36 heavy (non-hydrogen) atoms. The number of hydrogen-bond donors (Lipinski definition) is 2. The number of aryl methyl sites for hydroxylation is 2. The van der Waals surface area contributed by atoms with Gasteiger partial charge in [0.25, 0.3) is 0 Å². The van der Waals surface area contributed by atoms with Gasteiger partial charge in [-0.05, 0) is 37.7 Å². The first-order valence-electron chi connectivity index (χ1n) is 13.0. The number of amides is 2. The Kier molecular flexibility index (Phi) is 6.31. The number of carbonyl (C=O) groups is 2. The normalized spacial score (nSPS) is 24.7. The highest BCUT2D eigenvalue weighted by atomic mass is 16.5. The van der Waals surface area contributed by atoms with E-state index in [1.54, 1.807) is 4.68 Å². The van der Waals surface area contributed by atoms with E-state index in [1.165, 1.54) is 4.90 Å². The summed E-state index contributed by atoms with van der Waals surface area (Å²) in [5.41, 5.74) is 3.57. The number of β-amino-alcohol motifs (C(OH)–C–C–N with tert-alkyl or cyclic N) is 1. The second-order valence-corrected chi connectivity index (χ2v) is 11.8. The molecular weight excluding hydrogens is 458 g/mol. The van der Waals surface area contributed by atoms with Crippen molar-refractivity contribution in [2.24, 2.45) is 5.41 Å². The van der Waals surface area contributed by atoms with Crippen molar-refractivity contribution in [3.8, 4) is 5.75 Å². The molecule has 0 spiro atoms. The van der Waals surface area contributed by atoms with Crippen molar-refractivity contribution >= 4 is 11.8 Å². The summed E-state index contributed by atoms with van der Waals surface area (Å²) < 4.78 is 7.54. The van der Waals surface area contributed by atoms with Crippen LogP contribution in [-0.2, 0) is 9.59 Å². The van der Waals surface area contributed by atoms with Gasteiger partial charge >= 0.3 is 0 Å². The van der Waals surface area contributed by atoms with Crippen LogP contribution >= 0.6 is 0 Å². The first kappa shape index (κ1) is 24.7. The van der Waals surface area contributed by atoms with Gasteiger partial charge in [0.1, 0.15) is 17.8 Å². The molecule has 9 heteroatoms. The fourth-order valence-electron chi connectivity index (χ4n) is 5.62. The molecule has 3 heterocycles. The molecule has 1 saturated heterocycles. The molecule has 2 amide bonds. The van der Waals surface area contributed by atoms with Gasteiger partial charge in [0.15, 0.2) is 0 Å². The van der Waals surface area contributed by atoms with E-state index in [1.807, 2.05) is 40.8 Å². The summed E-state index contributed by atoms with van der Waals surface area (Å²) in [6, 6.07) is 2.54. The lowest BCUT2D eigenvalue weighted by Crippen LogP contribution is -2.51. The van der Waals surface area contributed by atoms with Crippen molar-refractivity contribution in [3.05, 3.63) is 40.7 Å². The number of hydrogen-bond acceptors (Lipinski definition) is 6. The quantitative estimate of drug-likeness (QED) is 0.660. The molecule has 1 saturated carbocycles. The van der Waals surface area contributed by atoms with Crippen molar-refractivity contribution in [1.29, 1.82) is 0 Å². The van der Waals surface area contributed by atoms with E-state index in [0.29, 0.717) is 18.9 Å². The summed E-state index contributed by atoms with van der Waals surface area (Å²) >= 11 is 0. The zero-order chi connectivity index (χ0) is 25.8. The Labute approximate surface area is 212 Å². The molecule has 2 N–H and O–H groups in total. The number of ether oxygens (including phenoxy) is 1. The van der Waals surface area contributed by atoms with E-state index in [4.69, 9.17) is 4.74 Å². The lowest BCUT2D eigenvalue weighted by molar-refractivity contribution is -0.144. The van der Waals surface area contributed by atoms with Crippen LogP contribution in [-0.4, -0.2) is 62.1 Å². The van der Waals surface area contributed by atoms with Crippen molar-refractivity contribution in [1.82, 2.24) is 25.2 Å². The second-order valence-electron chi connectivity index (χ2n) is 11.8.